The highest BCUT2D eigenvalue weighted by molar-refractivity contribution is 5.48. The molecule has 0 spiro atoms. The Morgan fingerprint density at radius 2 is 1.86 bits per heavy atom. The number of aryl methyl sites for hydroxylation is 1. The van der Waals surface area contributed by atoms with E-state index >= 15 is 0 Å². The fourth-order valence-corrected chi connectivity index (χ4v) is 3.97. The third kappa shape index (κ3) is 3.08. The van der Waals surface area contributed by atoms with Gasteiger partial charge in [-0.2, -0.15) is 0 Å². The fourth-order valence-electron chi connectivity index (χ4n) is 3.97. The van der Waals surface area contributed by atoms with Crippen molar-refractivity contribution in [3.63, 3.8) is 0 Å². The van der Waals surface area contributed by atoms with Crippen LogP contribution in [0.2, 0.25) is 0 Å². The highest BCUT2D eigenvalue weighted by Gasteiger charge is 2.28. The molecule has 2 aliphatic heterocycles. The highest BCUT2D eigenvalue weighted by Crippen LogP contribution is 2.34. The lowest BCUT2D eigenvalue weighted by molar-refractivity contribution is 0.205. The normalized spacial score (nSPS) is 24.0. The Morgan fingerprint density at radius 1 is 1.10 bits per heavy atom. The van der Waals surface area contributed by atoms with Crippen LogP contribution in [-0.4, -0.2) is 35.6 Å². The zero-order chi connectivity index (χ0) is 14.8. The molecule has 0 amide bonds. The molecule has 3 heterocycles. The van der Waals surface area contributed by atoms with Gasteiger partial charge in [0.15, 0.2) is 0 Å². The van der Waals surface area contributed by atoms with Crippen molar-refractivity contribution in [3.05, 3.63) is 23.4 Å². The number of rotatable bonds is 3. The number of hydrogen-bond donors (Lipinski definition) is 0. The van der Waals surface area contributed by atoms with Crippen molar-refractivity contribution in [2.45, 2.75) is 65.0 Å². The van der Waals surface area contributed by atoms with E-state index in [9.17, 15) is 0 Å². The topological polar surface area (TPSA) is 19.4 Å². The van der Waals surface area contributed by atoms with E-state index in [1.807, 2.05) is 0 Å². The summed E-state index contributed by atoms with van der Waals surface area (Å²) in [6.07, 6.45) is 8.73. The van der Waals surface area contributed by atoms with Crippen molar-refractivity contribution in [2.75, 3.05) is 24.5 Å². The Balaban J connectivity index is 1.80. The van der Waals surface area contributed by atoms with E-state index in [1.165, 1.54) is 68.7 Å². The lowest BCUT2D eigenvalue weighted by atomic mass is 10.0. The first-order valence-electron chi connectivity index (χ1n) is 8.64. The van der Waals surface area contributed by atoms with Crippen molar-refractivity contribution in [1.82, 2.24) is 9.88 Å². The molecular weight excluding hydrogens is 258 g/mol. The van der Waals surface area contributed by atoms with Crippen LogP contribution in [0.5, 0.6) is 0 Å². The van der Waals surface area contributed by atoms with Gasteiger partial charge in [0.05, 0.1) is 0 Å². The molecule has 21 heavy (non-hydrogen) atoms. The van der Waals surface area contributed by atoms with E-state index in [0.717, 1.165) is 0 Å². The van der Waals surface area contributed by atoms with E-state index in [-0.39, 0.29) is 0 Å². The SMILES string of the molecule is Cc1cc([C@@H]2CCCN2C(C)C)cnc1N1CCCCC1. The average Bonchev–Trinajstić information content (AvgIpc) is 2.97. The summed E-state index contributed by atoms with van der Waals surface area (Å²) < 4.78 is 0. The van der Waals surface area contributed by atoms with E-state index < -0.39 is 0 Å². The maximum atomic E-state index is 4.84. The molecule has 0 aliphatic carbocycles. The molecule has 1 aromatic heterocycles. The van der Waals surface area contributed by atoms with Gasteiger partial charge in [-0.1, -0.05) is 0 Å². The second-order valence-electron chi connectivity index (χ2n) is 6.95. The lowest BCUT2D eigenvalue weighted by Crippen LogP contribution is -2.32. The molecule has 3 nitrogen and oxygen atoms in total. The van der Waals surface area contributed by atoms with E-state index in [4.69, 9.17) is 4.98 Å². The first-order chi connectivity index (χ1) is 10.2. The average molecular weight is 287 g/mol. The minimum Gasteiger partial charge on any atom is -0.356 e. The fraction of sp³-hybridized carbons (Fsp3) is 0.722. The molecule has 0 radical (unpaired) electrons. The van der Waals surface area contributed by atoms with Gasteiger partial charge in [-0.3, -0.25) is 4.90 Å². The van der Waals surface area contributed by atoms with Gasteiger partial charge < -0.3 is 4.90 Å². The van der Waals surface area contributed by atoms with Crippen LogP contribution in [0.15, 0.2) is 12.3 Å². The summed E-state index contributed by atoms with van der Waals surface area (Å²) in [4.78, 5) is 9.93. The van der Waals surface area contributed by atoms with Gasteiger partial charge in [-0.25, -0.2) is 4.98 Å². The lowest BCUT2D eigenvalue weighted by Gasteiger charge is -2.31. The van der Waals surface area contributed by atoms with Crippen LogP contribution >= 0.6 is 0 Å². The summed E-state index contributed by atoms with van der Waals surface area (Å²) in [7, 11) is 0. The number of hydrogen-bond acceptors (Lipinski definition) is 3. The number of aromatic nitrogens is 1. The summed E-state index contributed by atoms with van der Waals surface area (Å²) in [5.74, 6) is 1.22. The van der Waals surface area contributed by atoms with Crippen LogP contribution in [0.1, 0.15) is 63.1 Å². The van der Waals surface area contributed by atoms with Crippen molar-refractivity contribution in [2.24, 2.45) is 0 Å². The first kappa shape index (κ1) is 14.8. The summed E-state index contributed by atoms with van der Waals surface area (Å²) in [6, 6.07) is 3.59. The quantitative estimate of drug-likeness (QED) is 0.840. The number of nitrogens with zero attached hydrogens (tertiary/aromatic N) is 3. The number of pyridine rings is 1. The van der Waals surface area contributed by atoms with E-state index in [2.05, 4.69) is 42.8 Å². The number of piperidine rings is 1. The van der Waals surface area contributed by atoms with Crippen LogP contribution in [0, 0.1) is 6.92 Å². The molecule has 3 heteroatoms. The van der Waals surface area contributed by atoms with Gasteiger partial charge in [0.1, 0.15) is 5.82 Å². The second kappa shape index (κ2) is 6.35. The second-order valence-corrected chi connectivity index (χ2v) is 6.95. The predicted molar refractivity (Wildman–Crippen MR) is 88.9 cm³/mol. The molecule has 1 aromatic rings. The maximum Gasteiger partial charge on any atom is 0.131 e. The summed E-state index contributed by atoms with van der Waals surface area (Å²) in [5.41, 5.74) is 2.77. The van der Waals surface area contributed by atoms with E-state index in [0.29, 0.717) is 12.1 Å². The Labute approximate surface area is 129 Å². The molecular formula is C18H29N3. The van der Waals surface area contributed by atoms with Crippen molar-refractivity contribution < 1.29 is 0 Å². The minimum atomic E-state index is 0.576. The van der Waals surface area contributed by atoms with Crippen molar-refractivity contribution in [3.8, 4) is 0 Å². The molecule has 1 atom stereocenters. The Bertz CT molecular complexity index is 477. The Hall–Kier alpha value is -1.09. The van der Waals surface area contributed by atoms with Gasteiger partial charge in [0.2, 0.25) is 0 Å². The molecule has 0 unspecified atom stereocenters. The maximum absolute atomic E-state index is 4.84. The van der Waals surface area contributed by atoms with Gasteiger partial charge in [0.25, 0.3) is 0 Å². The zero-order valence-electron chi connectivity index (χ0n) is 13.8. The molecule has 0 bridgehead atoms. The van der Waals surface area contributed by atoms with Crippen molar-refractivity contribution in [1.29, 1.82) is 0 Å². The monoisotopic (exact) mass is 287 g/mol. The van der Waals surface area contributed by atoms with Crippen LogP contribution in [0.25, 0.3) is 0 Å². The number of anilines is 1. The molecule has 116 valence electrons. The third-order valence-corrected chi connectivity index (χ3v) is 5.07. The van der Waals surface area contributed by atoms with Crippen LogP contribution in [0.3, 0.4) is 0 Å². The molecule has 0 N–H and O–H groups in total. The number of likely N-dealkylation sites (tertiary alicyclic amines) is 1. The Morgan fingerprint density at radius 3 is 2.52 bits per heavy atom. The summed E-state index contributed by atoms with van der Waals surface area (Å²) in [5, 5.41) is 0. The zero-order valence-corrected chi connectivity index (χ0v) is 13.8. The van der Waals surface area contributed by atoms with Gasteiger partial charge in [-0.15, -0.1) is 0 Å². The van der Waals surface area contributed by atoms with Crippen LogP contribution in [0.4, 0.5) is 5.82 Å². The molecule has 3 rings (SSSR count). The molecule has 0 aromatic carbocycles. The molecule has 2 aliphatic rings. The van der Waals surface area contributed by atoms with Gasteiger partial charge in [-0.05, 0) is 76.6 Å². The molecule has 0 saturated carbocycles. The third-order valence-electron chi connectivity index (χ3n) is 5.07. The predicted octanol–water partition coefficient (Wildman–Crippen LogP) is 3.93. The molecule has 2 fully saturated rings. The summed E-state index contributed by atoms with van der Waals surface area (Å²) in [6.45, 7) is 10.4. The van der Waals surface area contributed by atoms with Crippen LogP contribution in [-0.2, 0) is 0 Å². The Kier molecular flexibility index (Phi) is 4.48. The minimum absolute atomic E-state index is 0.576. The van der Waals surface area contributed by atoms with Gasteiger partial charge >= 0.3 is 0 Å². The van der Waals surface area contributed by atoms with Crippen molar-refractivity contribution >= 4 is 5.82 Å². The largest absolute Gasteiger partial charge is 0.356 e. The smallest absolute Gasteiger partial charge is 0.131 e. The highest BCUT2D eigenvalue weighted by atomic mass is 15.2. The summed E-state index contributed by atoms with van der Waals surface area (Å²) >= 11 is 0. The first-order valence-corrected chi connectivity index (χ1v) is 8.64. The molecule has 2 saturated heterocycles. The van der Waals surface area contributed by atoms with Gasteiger partial charge in [0, 0.05) is 31.4 Å². The van der Waals surface area contributed by atoms with Crippen LogP contribution < -0.4 is 4.90 Å². The standard InChI is InChI=1S/C18H29N3/c1-14(2)21-11-7-8-17(21)16-12-15(3)18(19-13-16)20-9-5-4-6-10-20/h12-14,17H,4-11H2,1-3H3/t17-/m0/s1. The van der Waals surface area contributed by atoms with E-state index in [1.54, 1.807) is 0 Å².